The number of hydrogen-bond donors (Lipinski definition) is 0. The van der Waals surface area contributed by atoms with Crippen LogP contribution in [0.2, 0.25) is 10.3 Å². The highest BCUT2D eigenvalue weighted by Crippen LogP contribution is 2.36. The van der Waals surface area contributed by atoms with Gasteiger partial charge in [-0.3, -0.25) is 4.79 Å². The zero-order valence-electron chi connectivity index (χ0n) is 16.6. The van der Waals surface area contributed by atoms with Gasteiger partial charge >= 0.3 is 0 Å². The lowest BCUT2D eigenvalue weighted by Gasteiger charge is -2.37. The van der Waals surface area contributed by atoms with E-state index in [0.29, 0.717) is 18.7 Å². The van der Waals surface area contributed by atoms with E-state index in [1.165, 1.54) is 30.1 Å². The Hall–Kier alpha value is -2.59. The number of amides is 1. The molecule has 0 aliphatic carbocycles. The lowest BCUT2D eigenvalue weighted by atomic mass is 9.84. The molecule has 0 spiro atoms. The molecule has 31 heavy (non-hydrogen) atoms. The summed E-state index contributed by atoms with van der Waals surface area (Å²) in [5.41, 5.74) is 0.343. The van der Waals surface area contributed by atoms with Crippen molar-refractivity contribution >= 4 is 34.9 Å². The number of methoxy groups -OCH3 is 1. The number of ether oxygens (including phenoxy) is 1. The molecule has 0 bridgehead atoms. The number of alkyl halides is 2. The molecule has 1 aliphatic heterocycles. The molecule has 1 aliphatic rings. The Morgan fingerprint density at radius 3 is 2.77 bits per heavy atom. The van der Waals surface area contributed by atoms with E-state index in [-0.39, 0.29) is 57.4 Å². The van der Waals surface area contributed by atoms with Crippen LogP contribution < -0.4 is 4.74 Å². The number of hydrogen-bond acceptors (Lipinski definition) is 6. The second-order valence-electron chi connectivity index (χ2n) is 7.32. The Kier molecular flexibility index (Phi) is 5.94. The monoisotopic (exact) mass is 470 g/mol. The summed E-state index contributed by atoms with van der Waals surface area (Å²) < 4.78 is 33.5. The number of halogens is 4. The van der Waals surface area contributed by atoms with Crippen LogP contribution in [0.4, 0.5) is 8.78 Å². The maximum atomic E-state index is 13.4. The van der Waals surface area contributed by atoms with Gasteiger partial charge in [-0.15, -0.1) is 0 Å². The molecule has 1 saturated heterocycles. The molecule has 3 aromatic rings. The largest absolute Gasteiger partial charge is 0.493 e. The normalized spacial score (nSPS) is 19.3. The molecule has 0 N–H and O–H groups in total. The van der Waals surface area contributed by atoms with Crippen molar-refractivity contribution in [2.24, 2.45) is 5.92 Å². The van der Waals surface area contributed by atoms with E-state index < -0.39 is 6.43 Å². The molecule has 3 aromatic heterocycles. The highest BCUT2D eigenvalue weighted by molar-refractivity contribution is 6.34. The van der Waals surface area contributed by atoms with Crippen LogP contribution in [0.1, 0.15) is 47.4 Å². The maximum Gasteiger partial charge on any atom is 0.280 e. The molecular weight excluding hydrogens is 453 g/mol. The number of piperidine rings is 1. The molecule has 12 heteroatoms. The number of nitrogens with zero attached hydrogens (tertiary/aromatic N) is 6. The third-order valence-corrected chi connectivity index (χ3v) is 5.93. The van der Waals surface area contributed by atoms with Crippen LogP contribution in [0, 0.1) is 5.92 Å². The first-order chi connectivity index (χ1) is 14.8. The predicted octanol–water partition coefficient (Wildman–Crippen LogP) is 4.04. The van der Waals surface area contributed by atoms with Crippen LogP contribution in [-0.4, -0.2) is 55.6 Å². The second-order valence-corrected chi connectivity index (χ2v) is 8.06. The van der Waals surface area contributed by atoms with Crippen molar-refractivity contribution in [2.75, 3.05) is 20.2 Å². The lowest BCUT2D eigenvalue weighted by Crippen LogP contribution is -2.43. The summed E-state index contributed by atoms with van der Waals surface area (Å²) in [4.78, 5) is 26.6. The molecule has 1 amide bonds. The summed E-state index contributed by atoms with van der Waals surface area (Å²) in [7, 11) is 1.39. The van der Waals surface area contributed by atoms with Crippen LogP contribution in [0.15, 0.2) is 18.5 Å². The topological polar surface area (TPSA) is 85.5 Å². The third kappa shape index (κ3) is 4.01. The number of aromatic nitrogens is 5. The minimum atomic E-state index is -2.75. The second kappa shape index (κ2) is 8.51. The minimum Gasteiger partial charge on any atom is -0.493 e. The lowest BCUT2D eigenvalue weighted by molar-refractivity contribution is 0.0662. The van der Waals surface area contributed by atoms with Gasteiger partial charge < -0.3 is 9.64 Å². The van der Waals surface area contributed by atoms with Crippen LogP contribution in [0.3, 0.4) is 0 Å². The SMILES string of the molecule is COc1c(C(=O)N2CC[C@@H](C)[C@H](c3cc(C(F)F)nc4ncnn34)C2)cc(Cl)nc1Cl. The molecule has 4 heterocycles. The van der Waals surface area contributed by atoms with Gasteiger partial charge in [0.15, 0.2) is 10.9 Å². The van der Waals surface area contributed by atoms with Crippen LogP contribution in [-0.2, 0) is 0 Å². The number of carbonyl (C=O) groups excluding carboxylic acids is 1. The van der Waals surface area contributed by atoms with Crippen LogP contribution >= 0.6 is 23.2 Å². The highest BCUT2D eigenvalue weighted by atomic mass is 35.5. The number of fused-ring (bicyclic) bond motifs is 1. The Labute approximate surface area is 186 Å². The number of rotatable bonds is 4. The van der Waals surface area contributed by atoms with E-state index >= 15 is 0 Å². The standard InChI is InChI=1S/C19H18Cl2F2N6O2/c1-9-3-4-28(18(30)10-5-14(20)27-16(21)15(10)31-2)7-11(9)13-6-12(17(22)23)26-19-24-8-25-29(13)19/h5-6,8-9,11,17H,3-4,7H2,1-2H3/t9-,11-/m1/s1. The summed E-state index contributed by atoms with van der Waals surface area (Å²) in [6.45, 7) is 2.77. The van der Waals surface area contributed by atoms with Gasteiger partial charge in [0, 0.05) is 19.0 Å². The number of likely N-dealkylation sites (tertiary alicyclic amines) is 1. The van der Waals surface area contributed by atoms with Crippen LogP contribution in [0.5, 0.6) is 5.75 Å². The molecule has 0 aromatic carbocycles. The summed E-state index contributed by atoms with van der Waals surface area (Å²) >= 11 is 12.1. The van der Waals surface area contributed by atoms with Gasteiger partial charge in [0.2, 0.25) is 0 Å². The fraction of sp³-hybridized carbons (Fsp3) is 0.421. The smallest absolute Gasteiger partial charge is 0.280 e. The van der Waals surface area contributed by atoms with Gasteiger partial charge in [0.1, 0.15) is 17.2 Å². The number of carbonyl (C=O) groups is 1. The first-order valence-electron chi connectivity index (χ1n) is 9.48. The van der Waals surface area contributed by atoms with Crippen molar-refractivity contribution in [3.05, 3.63) is 45.7 Å². The summed E-state index contributed by atoms with van der Waals surface area (Å²) in [6, 6.07) is 2.74. The zero-order valence-corrected chi connectivity index (χ0v) is 18.1. The molecule has 0 saturated carbocycles. The molecule has 2 atom stereocenters. The van der Waals surface area contributed by atoms with Crippen molar-refractivity contribution in [1.82, 2.24) is 29.5 Å². The average molecular weight is 471 g/mol. The van der Waals surface area contributed by atoms with Crippen molar-refractivity contribution < 1.29 is 18.3 Å². The van der Waals surface area contributed by atoms with Gasteiger partial charge in [-0.25, -0.2) is 23.3 Å². The Bertz CT molecular complexity index is 1140. The van der Waals surface area contributed by atoms with E-state index in [0.717, 1.165) is 0 Å². The molecule has 164 valence electrons. The molecule has 8 nitrogen and oxygen atoms in total. The quantitative estimate of drug-likeness (QED) is 0.534. The van der Waals surface area contributed by atoms with E-state index in [9.17, 15) is 13.6 Å². The molecule has 4 rings (SSSR count). The van der Waals surface area contributed by atoms with E-state index in [2.05, 4.69) is 20.1 Å². The van der Waals surface area contributed by atoms with Crippen molar-refractivity contribution in [1.29, 1.82) is 0 Å². The summed E-state index contributed by atoms with van der Waals surface area (Å²) in [5.74, 6) is -0.262. The Balaban J connectivity index is 1.71. The van der Waals surface area contributed by atoms with Gasteiger partial charge in [0.05, 0.1) is 18.4 Å². The summed E-state index contributed by atoms with van der Waals surface area (Å²) in [5, 5.41) is 4.19. The van der Waals surface area contributed by atoms with Crippen molar-refractivity contribution in [3.63, 3.8) is 0 Å². The highest BCUT2D eigenvalue weighted by Gasteiger charge is 2.34. The average Bonchev–Trinajstić information content (AvgIpc) is 3.21. The van der Waals surface area contributed by atoms with Crippen molar-refractivity contribution in [2.45, 2.75) is 25.7 Å². The maximum absolute atomic E-state index is 13.4. The van der Waals surface area contributed by atoms with Gasteiger partial charge in [0.25, 0.3) is 18.1 Å². The zero-order chi connectivity index (χ0) is 22.3. The fourth-order valence-electron chi connectivity index (χ4n) is 3.86. The Morgan fingerprint density at radius 2 is 2.06 bits per heavy atom. The van der Waals surface area contributed by atoms with Gasteiger partial charge in [-0.05, 0) is 24.5 Å². The first kappa shape index (κ1) is 21.6. The fourth-order valence-corrected chi connectivity index (χ4v) is 4.37. The Morgan fingerprint density at radius 1 is 1.29 bits per heavy atom. The van der Waals surface area contributed by atoms with E-state index in [4.69, 9.17) is 27.9 Å². The first-order valence-corrected chi connectivity index (χ1v) is 10.2. The molecular formula is C19H18Cl2F2N6O2. The summed E-state index contributed by atoms with van der Waals surface area (Å²) in [6.07, 6.45) is -0.820. The molecule has 0 radical (unpaired) electrons. The van der Waals surface area contributed by atoms with Crippen molar-refractivity contribution in [3.8, 4) is 5.75 Å². The van der Waals surface area contributed by atoms with E-state index in [1.807, 2.05) is 6.92 Å². The van der Waals surface area contributed by atoms with Gasteiger partial charge in [-0.2, -0.15) is 10.1 Å². The molecule has 0 unspecified atom stereocenters. The molecule has 1 fully saturated rings. The van der Waals surface area contributed by atoms with Crippen LogP contribution in [0.25, 0.3) is 5.78 Å². The predicted molar refractivity (Wildman–Crippen MR) is 109 cm³/mol. The number of pyridine rings is 1. The third-order valence-electron chi connectivity index (χ3n) is 5.48. The van der Waals surface area contributed by atoms with E-state index in [1.54, 1.807) is 4.90 Å². The minimum absolute atomic E-state index is 0.0136. The van der Waals surface area contributed by atoms with Gasteiger partial charge in [-0.1, -0.05) is 30.1 Å².